The Bertz CT molecular complexity index is 585. The fourth-order valence-electron chi connectivity index (χ4n) is 1.74. The quantitative estimate of drug-likeness (QED) is 0.657. The predicted molar refractivity (Wildman–Crippen MR) is 70.0 cm³/mol. The minimum Gasteiger partial charge on any atom is -0.369 e. The molecule has 0 atom stereocenters. The van der Waals surface area contributed by atoms with E-state index in [0.717, 1.165) is 18.9 Å². The highest BCUT2D eigenvalue weighted by Crippen LogP contribution is 2.06. The number of aryl methyl sites for hydroxylation is 1. The van der Waals surface area contributed by atoms with Crippen LogP contribution in [0.5, 0.6) is 0 Å². The molecule has 0 aliphatic carbocycles. The molecule has 18 heavy (non-hydrogen) atoms. The fourth-order valence-corrected chi connectivity index (χ4v) is 1.74. The average Bonchev–Trinajstić information content (AvgIpc) is 2.67. The average molecular weight is 250 g/mol. The number of aromatic nitrogens is 4. The molecule has 0 aromatic carbocycles. The highest BCUT2D eigenvalue weighted by atomic mass is 16.1. The van der Waals surface area contributed by atoms with Crippen LogP contribution in [0.25, 0.3) is 5.65 Å². The number of hydrogen-bond donors (Lipinski definition) is 3. The van der Waals surface area contributed by atoms with Crippen LogP contribution in [-0.2, 0) is 0 Å². The van der Waals surface area contributed by atoms with Gasteiger partial charge in [-0.2, -0.15) is 5.10 Å². The van der Waals surface area contributed by atoms with E-state index in [1.165, 1.54) is 4.40 Å². The van der Waals surface area contributed by atoms with Crippen molar-refractivity contribution in [3.63, 3.8) is 0 Å². The van der Waals surface area contributed by atoms with E-state index < -0.39 is 0 Å². The Morgan fingerprint density at radius 3 is 2.94 bits per heavy atom. The molecular formula is C11H18N6O. The van der Waals surface area contributed by atoms with Crippen molar-refractivity contribution in [3.8, 4) is 0 Å². The van der Waals surface area contributed by atoms with Gasteiger partial charge in [-0.25, -0.2) is 19.3 Å². The number of rotatable bonds is 5. The Morgan fingerprint density at radius 1 is 1.44 bits per heavy atom. The molecule has 2 rings (SSSR count). The van der Waals surface area contributed by atoms with E-state index in [1.807, 2.05) is 0 Å². The predicted octanol–water partition coefficient (Wildman–Crippen LogP) is 0.136. The molecule has 0 saturated heterocycles. The summed E-state index contributed by atoms with van der Waals surface area (Å²) in [5.74, 6) is 1.34. The van der Waals surface area contributed by atoms with Crippen molar-refractivity contribution in [1.29, 1.82) is 0 Å². The van der Waals surface area contributed by atoms with Crippen LogP contribution in [0.4, 0.5) is 5.82 Å². The van der Waals surface area contributed by atoms with E-state index in [-0.39, 0.29) is 5.69 Å². The van der Waals surface area contributed by atoms with Crippen LogP contribution in [0.3, 0.4) is 0 Å². The number of aromatic amines is 1. The van der Waals surface area contributed by atoms with Gasteiger partial charge in [0.2, 0.25) is 0 Å². The maximum absolute atomic E-state index is 11.4. The lowest BCUT2D eigenvalue weighted by molar-refractivity contribution is 0.602. The van der Waals surface area contributed by atoms with Crippen LogP contribution in [0.1, 0.15) is 19.7 Å². The summed E-state index contributed by atoms with van der Waals surface area (Å²) < 4.78 is 1.44. The minimum absolute atomic E-state index is 0.261. The second kappa shape index (κ2) is 5.18. The number of anilines is 1. The van der Waals surface area contributed by atoms with Gasteiger partial charge >= 0.3 is 5.69 Å². The van der Waals surface area contributed by atoms with Crippen LogP contribution in [0.15, 0.2) is 10.9 Å². The second-order valence-electron chi connectivity index (χ2n) is 4.45. The highest BCUT2D eigenvalue weighted by Gasteiger charge is 2.06. The van der Waals surface area contributed by atoms with Crippen LogP contribution in [0, 0.1) is 6.92 Å². The number of H-pyrrole nitrogens is 1. The van der Waals surface area contributed by atoms with E-state index in [4.69, 9.17) is 0 Å². The second-order valence-corrected chi connectivity index (χ2v) is 4.45. The largest absolute Gasteiger partial charge is 0.369 e. The first-order valence-electron chi connectivity index (χ1n) is 6.00. The summed E-state index contributed by atoms with van der Waals surface area (Å²) in [6.07, 6.45) is 0. The first kappa shape index (κ1) is 12.6. The molecule has 2 aromatic heterocycles. The third-order valence-electron chi connectivity index (χ3n) is 2.55. The number of hydrogen-bond acceptors (Lipinski definition) is 5. The topological polar surface area (TPSA) is 87.1 Å². The van der Waals surface area contributed by atoms with Crippen LogP contribution in [0.2, 0.25) is 0 Å². The molecule has 0 unspecified atom stereocenters. The summed E-state index contributed by atoms with van der Waals surface area (Å²) in [4.78, 5) is 15.7. The summed E-state index contributed by atoms with van der Waals surface area (Å²) in [6.45, 7) is 7.61. The lowest BCUT2D eigenvalue weighted by Crippen LogP contribution is -2.28. The molecule has 7 nitrogen and oxygen atoms in total. The van der Waals surface area contributed by atoms with E-state index in [1.54, 1.807) is 13.0 Å². The van der Waals surface area contributed by atoms with E-state index in [2.05, 4.69) is 39.7 Å². The summed E-state index contributed by atoms with van der Waals surface area (Å²) in [6, 6.07) is 2.22. The Morgan fingerprint density at radius 2 is 2.22 bits per heavy atom. The molecular weight excluding hydrogens is 232 g/mol. The zero-order chi connectivity index (χ0) is 13.1. The smallest absolute Gasteiger partial charge is 0.349 e. The fraction of sp³-hybridized carbons (Fsp3) is 0.545. The van der Waals surface area contributed by atoms with Gasteiger partial charge in [-0.15, -0.1) is 0 Å². The lowest BCUT2D eigenvalue weighted by atomic mass is 10.4. The Labute approximate surface area is 105 Å². The van der Waals surface area contributed by atoms with E-state index >= 15 is 0 Å². The van der Waals surface area contributed by atoms with Crippen LogP contribution < -0.4 is 16.3 Å². The van der Waals surface area contributed by atoms with Gasteiger partial charge in [-0.1, -0.05) is 13.8 Å². The zero-order valence-corrected chi connectivity index (χ0v) is 10.8. The van der Waals surface area contributed by atoms with Gasteiger partial charge in [-0.3, -0.25) is 0 Å². The first-order valence-corrected chi connectivity index (χ1v) is 6.00. The maximum atomic E-state index is 11.4. The number of nitrogens with zero attached hydrogens (tertiary/aromatic N) is 3. The molecule has 2 heterocycles. The van der Waals surface area contributed by atoms with Crippen molar-refractivity contribution in [2.45, 2.75) is 26.8 Å². The van der Waals surface area contributed by atoms with E-state index in [0.29, 0.717) is 17.5 Å². The molecule has 0 aliphatic rings. The molecule has 3 N–H and O–H groups in total. The van der Waals surface area contributed by atoms with E-state index in [9.17, 15) is 4.79 Å². The van der Waals surface area contributed by atoms with Gasteiger partial charge in [0.25, 0.3) is 0 Å². The summed E-state index contributed by atoms with van der Waals surface area (Å²) in [7, 11) is 0. The Balaban J connectivity index is 2.08. The van der Waals surface area contributed by atoms with Gasteiger partial charge in [0, 0.05) is 25.2 Å². The lowest BCUT2D eigenvalue weighted by Gasteiger charge is -2.10. The van der Waals surface area contributed by atoms with Crippen molar-refractivity contribution in [3.05, 3.63) is 22.4 Å². The SMILES string of the molecule is Cc1nc(NCCNC(C)C)cc2n[nH]c(=O)n12. The third-order valence-corrected chi connectivity index (χ3v) is 2.55. The number of fused-ring (bicyclic) bond motifs is 1. The van der Waals surface area contributed by atoms with Crippen molar-refractivity contribution in [1.82, 2.24) is 24.9 Å². The van der Waals surface area contributed by atoms with Crippen LogP contribution >= 0.6 is 0 Å². The Hall–Kier alpha value is -1.89. The molecule has 2 aromatic rings. The third kappa shape index (κ3) is 2.67. The van der Waals surface area contributed by atoms with Crippen molar-refractivity contribution in [2.24, 2.45) is 0 Å². The standard InChI is InChI=1S/C11H18N6O/c1-7(2)12-4-5-13-9-6-10-15-16-11(18)17(10)8(3)14-9/h6-7,12-13H,4-5H2,1-3H3,(H,16,18). The van der Waals surface area contributed by atoms with Crippen LogP contribution in [-0.4, -0.2) is 38.7 Å². The molecule has 0 fully saturated rings. The zero-order valence-electron chi connectivity index (χ0n) is 10.8. The monoisotopic (exact) mass is 250 g/mol. The molecule has 98 valence electrons. The van der Waals surface area contributed by atoms with Crippen molar-refractivity contribution < 1.29 is 0 Å². The van der Waals surface area contributed by atoms with Gasteiger partial charge in [-0.05, 0) is 6.92 Å². The summed E-state index contributed by atoms with van der Waals surface area (Å²) >= 11 is 0. The van der Waals surface area contributed by atoms with Crippen molar-refractivity contribution >= 4 is 11.5 Å². The summed E-state index contributed by atoms with van der Waals surface area (Å²) in [5, 5.41) is 12.8. The van der Waals surface area contributed by atoms with Gasteiger partial charge in [0.05, 0.1) is 0 Å². The maximum Gasteiger partial charge on any atom is 0.349 e. The molecule has 0 saturated carbocycles. The Kier molecular flexibility index (Phi) is 3.61. The molecule has 0 radical (unpaired) electrons. The van der Waals surface area contributed by atoms with Gasteiger partial charge in [0.1, 0.15) is 11.6 Å². The molecule has 0 aliphatic heterocycles. The summed E-state index contributed by atoms with van der Waals surface area (Å²) in [5.41, 5.74) is 0.315. The molecule has 7 heteroatoms. The first-order chi connectivity index (χ1) is 8.58. The molecule has 0 amide bonds. The van der Waals surface area contributed by atoms with Gasteiger partial charge in [0.15, 0.2) is 5.65 Å². The number of nitrogens with one attached hydrogen (secondary N) is 3. The minimum atomic E-state index is -0.261. The molecule has 0 spiro atoms. The highest BCUT2D eigenvalue weighted by molar-refractivity contribution is 5.49. The van der Waals surface area contributed by atoms with Crippen molar-refractivity contribution in [2.75, 3.05) is 18.4 Å². The van der Waals surface area contributed by atoms with Gasteiger partial charge < -0.3 is 10.6 Å². The molecule has 0 bridgehead atoms. The normalized spacial score (nSPS) is 11.3.